The normalized spacial score (nSPS) is 12.3. The van der Waals surface area contributed by atoms with Crippen molar-refractivity contribution in [2.75, 3.05) is 0 Å². The lowest BCUT2D eigenvalue weighted by Gasteiger charge is -2.14. The van der Waals surface area contributed by atoms with E-state index in [1.165, 1.54) is 0 Å². The number of aryl methyl sites for hydroxylation is 1. The van der Waals surface area contributed by atoms with Crippen LogP contribution in [0.25, 0.3) is 11.0 Å². The molecule has 0 radical (unpaired) electrons. The molecule has 3 aromatic rings. The fourth-order valence-electron chi connectivity index (χ4n) is 2.57. The Kier molecular flexibility index (Phi) is 4.90. The minimum atomic E-state index is -5.12. The van der Waals surface area contributed by atoms with Gasteiger partial charge in [-0.05, 0) is 31.2 Å². The lowest BCUT2D eigenvalue weighted by molar-refractivity contribution is -0.140. The lowest BCUT2D eigenvalue weighted by Crippen LogP contribution is -2.42. The zero-order chi connectivity index (χ0) is 20.7. The predicted octanol–water partition coefficient (Wildman–Crippen LogP) is 3.52. The number of furan rings is 1. The van der Waals surface area contributed by atoms with Gasteiger partial charge in [0.15, 0.2) is 5.76 Å². The first kappa shape index (κ1) is 19.8. The standard InChI is InChI=1S/C17H12F4N2O4S/c1-9-11-4-2-3-5-13(11)27-15(9)16(24)22-23-28(25,26)14-7-6-10(18)8-12(14)17(19,20)21/h2-8,23H,1H3,(H,22,24). The van der Waals surface area contributed by atoms with Crippen molar-refractivity contribution in [3.05, 3.63) is 65.2 Å². The summed E-state index contributed by atoms with van der Waals surface area (Å²) in [5.74, 6) is -2.47. The summed E-state index contributed by atoms with van der Waals surface area (Å²) in [7, 11) is -4.85. The summed E-state index contributed by atoms with van der Waals surface area (Å²) >= 11 is 0. The van der Waals surface area contributed by atoms with E-state index in [0.29, 0.717) is 28.7 Å². The van der Waals surface area contributed by atoms with Crippen LogP contribution in [0.5, 0.6) is 0 Å². The van der Waals surface area contributed by atoms with Crippen molar-refractivity contribution in [2.45, 2.75) is 18.0 Å². The Balaban J connectivity index is 1.88. The molecule has 0 aliphatic heterocycles. The van der Waals surface area contributed by atoms with Crippen LogP contribution in [0.4, 0.5) is 17.6 Å². The van der Waals surface area contributed by atoms with Crippen LogP contribution in [0.1, 0.15) is 21.7 Å². The molecule has 0 aliphatic carbocycles. The van der Waals surface area contributed by atoms with Gasteiger partial charge in [0.2, 0.25) is 0 Å². The zero-order valence-electron chi connectivity index (χ0n) is 14.1. The van der Waals surface area contributed by atoms with Crippen LogP contribution in [-0.2, 0) is 16.2 Å². The van der Waals surface area contributed by atoms with E-state index in [2.05, 4.69) is 0 Å². The summed E-state index contributed by atoms with van der Waals surface area (Å²) in [6.45, 7) is 1.57. The van der Waals surface area contributed by atoms with Crippen LogP contribution in [0.3, 0.4) is 0 Å². The Bertz CT molecular complexity index is 1170. The van der Waals surface area contributed by atoms with Gasteiger partial charge in [-0.1, -0.05) is 18.2 Å². The second kappa shape index (κ2) is 6.91. The molecule has 1 amide bonds. The van der Waals surface area contributed by atoms with Crippen molar-refractivity contribution >= 4 is 26.9 Å². The fourth-order valence-corrected chi connectivity index (χ4v) is 3.62. The third kappa shape index (κ3) is 3.71. The monoisotopic (exact) mass is 416 g/mol. The zero-order valence-corrected chi connectivity index (χ0v) is 14.9. The van der Waals surface area contributed by atoms with Gasteiger partial charge in [0.1, 0.15) is 11.4 Å². The number of sulfonamides is 1. The van der Waals surface area contributed by atoms with E-state index in [-0.39, 0.29) is 11.8 Å². The summed E-state index contributed by atoms with van der Waals surface area (Å²) in [5, 5.41) is 0.619. The van der Waals surface area contributed by atoms with E-state index in [1.54, 1.807) is 41.4 Å². The third-order valence-corrected chi connectivity index (χ3v) is 5.19. The highest BCUT2D eigenvalue weighted by atomic mass is 32.2. The Morgan fingerprint density at radius 1 is 1.11 bits per heavy atom. The molecule has 0 aliphatic rings. The van der Waals surface area contributed by atoms with Crippen LogP contribution in [0.15, 0.2) is 51.8 Å². The average molecular weight is 416 g/mol. The Morgan fingerprint density at radius 3 is 2.43 bits per heavy atom. The first-order valence-electron chi connectivity index (χ1n) is 7.68. The van der Waals surface area contributed by atoms with E-state index in [9.17, 15) is 30.8 Å². The molecule has 0 fully saturated rings. The summed E-state index contributed by atoms with van der Waals surface area (Å²) in [5.41, 5.74) is 0.903. The molecule has 0 unspecified atom stereocenters. The number of hydrazine groups is 1. The second-order valence-electron chi connectivity index (χ2n) is 5.75. The summed E-state index contributed by atoms with van der Waals surface area (Å²) in [6.07, 6.45) is -5.12. The van der Waals surface area contributed by atoms with Crippen LogP contribution in [-0.4, -0.2) is 14.3 Å². The molecular weight excluding hydrogens is 404 g/mol. The molecule has 0 atom stereocenters. The van der Waals surface area contributed by atoms with E-state index >= 15 is 0 Å². The number of benzene rings is 2. The van der Waals surface area contributed by atoms with Gasteiger partial charge in [-0.25, -0.2) is 12.8 Å². The van der Waals surface area contributed by atoms with Gasteiger partial charge in [0.25, 0.3) is 10.0 Å². The Morgan fingerprint density at radius 2 is 1.79 bits per heavy atom. The van der Waals surface area contributed by atoms with Crippen LogP contribution >= 0.6 is 0 Å². The molecule has 6 nitrogen and oxygen atoms in total. The van der Waals surface area contributed by atoms with E-state index < -0.39 is 38.4 Å². The highest BCUT2D eigenvalue weighted by Crippen LogP contribution is 2.34. The van der Waals surface area contributed by atoms with E-state index in [4.69, 9.17) is 4.42 Å². The number of halogens is 4. The van der Waals surface area contributed by atoms with E-state index in [0.717, 1.165) is 0 Å². The Labute approximate surface area is 156 Å². The molecule has 2 N–H and O–H groups in total. The number of hydrogen-bond donors (Lipinski definition) is 2. The van der Waals surface area contributed by atoms with Crippen molar-refractivity contribution in [1.29, 1.82) is 0 Å². The highest BCUT2D eigenvalue weighted by Gasteiger charge is 2.38. The molecule has 28 heavy (non-hydrogen) atoms. The summed E-state index contributed by atoms with van der Waals surface area (Å²) < 4.78 is 82.0. The number of carbonyl (C=O) groups is 1. The molecule has 1 heterocycles. The summed E-state index contributed by atoms with van der Waals surface area (Å²) in [6, 6.07) is 7.74. The molecule has 11 heteroatoms. The molecule has 0 saturated carbocycles. The quantitative estimate of drug-likeness (QED) is 0.503. The van der Waals surface area contributed by atoms with E-state index in [1.807, 2.05) is 0 Å². The first-order chi connectivity index (χ1) is 13.0. The van der Waals surface area contributed by atoms with Gasteiger partial charge in [0, 0.05) is 10.9 Å². The van der Waals surface area contributed by atoms with Crippen molar-refractivity contribution in [3.8, 4) is 0 Å². The molecular formula is C17H12F4N2O4S. The number of amides is 1. The predicted molar refractivity (Wildman–Crippen MR) is 90.1 cm³/mol. The van der Waals surface area contributed by atoms with Gasteiger partial charge in [-0.15, -0.1) is 4.83 Å². The van der Waals surface area contributed by atoms with Crippen LogP contribution in [0.2, 0.25) is 0 Å². The van der Waals surface area contributed by atoms with Gasteiger partial charge in [-0.3, -0.25) is 10.2 Å². The highest BCUT2D eigenvalue weighted by molar-refractivity contribution is 7.89. The minimum absolute atomic E-state index is 0.0553. The van der Waals surface area contributed by atoms with Gasteiger partial charge >= 0.3 is 12.1 Å². The van der Waals surface area contributed by atoms with Gasteiger partial charge in [0.05, 0.1) is 10.5 Å². The van der Waals surface area contributed by atoms with Crippen molar-refractivity contribution < 1.29 is 35.2 Å². The SMILES string of the molecule is Cc1c(C(=O)NNS(=O)(=O)c2ccc(F)cc2C(F)(F)F)oc2ccccc12. The van der Waals surface area contributed by atoms with Crippen LogP contribution < -0.4 is 10.3 Å². The minimum Gasteiger partial charge on any atom is -0.451 e. The number of para-hydroxylation sites is 1. The largest absolute Gasteiger partial charge is 0.451 e. The van der Waals surface area contributed by atoms with Gasteiger partial charge < -0.3 is 4.42 Å². The summed E-state index contributed by atoms with van der Waals surface area (Å²) in [4.78, 5) is 12.6. The molecule has 0 saturated heterocycles. The maximum absolute atomic E-state index is 13.1. The second-order valence-corrected chi connectivity index (χ2v) is 7.40. The molecule has 2 aromatic carbocycles. The number of nitrogens with one attached hydrogen (secondary N) is 2. The number of hydrogen-bond acceptors (Lipinski definition) is 4. The smallest absolute Gasteiger partial charge is 0.417 e. The lowest BCUT2D eigenvalue weighted by atomic mass is 10.1. The molecule has 1 aromatic heterocycles. The van der Waals surface area contributed by atoms with Crippen molar-refractivity contribution in [1.82, 2.24) is 10.3 Å². The first-order valence-corrected chi connectivity index (χ1v) is 9.16. The molecule has 148 valence electrons. The number of rotatable bonds is 4. The fraction of sp³-hybridized carbons (Fsp3) is 0.118. The number of fused-ring (bicyclic) bond motifs is 1. The van der Waals surface area contributed by atoms with Gasteiger partial charge in [-0.2, -0.15) is 13.2 Å². The van der Waals surface area contributed by atoms with Crippen molar-refractivity contribution in [2.24, 2.45) is 0 Å². The Hall–Kier alpha value is -2.92. The average Bonchev–Trinajstić information content (AvgIpc) is 2.96. The maximum Gasteiger partial charge on any atom is 0.417 e. The van der Waals surface area contributed by atoms with Crippen molar-refractivity contribution in [3.63, 3.8) is 0 Å². The molecule has 0 bridgehead atoms. The molecule has 0 spiro atoms. The van der Waals surface area contributed by atoms with Crippen LogP contribution in [0, 0.1) is 12.7 Å². The topological polar surface area (TPSA) is 88.4 Å². The maximum atomic E-state index is 13.1. The third-order valence-electron chi connectivity index (χ3n) is 3.89. The number of alkyl halides is 3. The molecule has 3 rings (SSSR count). The number of carbonyl (C=O) groups excluding carboxylic acids is 1.